The maximum absolute atomic E-state index is 12.7. The lowest BCUT2D eigenvalue weighted by Crippen LogP contribution is -2.28. The molecule has 0 rings (SSSR count). The molecule has 0 radical (unpaired) electrons. The number of nitrogens with two attached hydrogens (primary N) is 1. The van der Waals surface area contributed by atoms with Gasteiger partial charge in [0.2, 0.25) is 0 Å². The number of hydrogen-bond donors (Lipinski definition) is 2. The average molecular weight is 874 g/mol. The minimum atomic E-state index is -4.27. The number of phosphoric ester groups is 1. The third-order valence-corrected chi connectivity index (χ3v) is 13.0. The summed E-state index contributed by atoms with van der Waals surface area (Å²) in [4.78, 5) is 22.6. The number of unbranched alkanes of at least 4 members (excludes halogenated alkanes) is 39. The first kappa shape index (κ1) is 59.5. The summed E-state index contributed by atoms with van der Waals surface area (Å²) >= 11 is 0. The highest BCUT2D eigenvalue weighted by Gasteiger charge is 2.25. The predicted molar refractivity (Wildman–Crippen MR) is 257 cm³/mol. The second kappa shape index (κ2) is 49.5. The highest BCUT2D eigenvalue weighted by atomic mass is 31.2. The van der Waals surface area contributed by atoms with E-state index in [0.717, 1.165) is 32.1 Å². The van der Waals surface area contributed by atoms with E-state index in [1.807, 2.05) is 0 Å². The van der Waals surface area contributed by atoms with Gasteiger partial charge in [-0.3, -0.25) is 13.8 Å². The second-order valence-corrected chi connectivity index (χ2v) is 19.6. The average Bonchev–Trinajstić information content (AvgIpc) is 3.24. The molecule has 0 aliphatic heterocycles. The number of carbonyl (C=O) groups excluding carboxylic acids is 1. The first-order chi connectivity index (χ1) is 29.4. The van der Waals surface area contributed by atoms with Gasteiger partial charge < -0.3 is 20.1 Å². The van der Waals surface area contributed by atoms with Crippen LogP contribution in [-0.4, -0.2) is 49.9 Å². The molecule has 0 saturated heterocycles. The molecule has 0 bridgehead atoms. The molecule has 0 aromatic rings. The molecule has 0 saturated carbocycles. The van der Waals surface area contributed by atoms with Crippen LogP contribution >= 0.6 is 7.82 Å². The normalized spacial score (nSPS) is 13.2. The monoisotopic (exact) mass is 874 g/mol. The van der Waals surface area contributed by atoms with Gasteiger partial charge in [0.1, 0.15) is 6.10 Å². The summed E-state index contributed by atoms with van der Waals surface area (Å²) in [6, 6.07) is 0. The van der Waals surface area contributed by atoms with Crippen LogP contribution in [-0.2, 0) is 27.9 Å². The maximum atomic E-state index is 12.7. The van der Waals surface area contributed by atoms with Crippen molar-refractivity contribution in [2.24, 2.45) is 5.73 Å². The largest absolute Gasteiger partial charge is 0.472 e. The van der Waals surface area contributed by atoms with Crippen LogP contribution in [0.1, 0.15) is 284 Å². The Kier molecular flexibility index (Phi) is 49.1. The molecule has 0 aliphatic carbocycles. The summed E-state index contributed by atoms with van der Waals surface area (Å²) in [5.41, 5.74) is 5.39. The fraction of sp³-hybridized carbons (Fsp3) is 0.980. The van der Waals surface area contributed by atoms with Gasteiger partial charge in [-0.2, -0.15) is 0 Å². The lowest BCUT2D eigenvalue weighted by molar-refractivity contribution is -0.154. The van der Waals surface area contributed by atoms with Crippen LogP contribution in [0.25, 0.3) is 0 Å². The van der Waals surface area contributed by atoms with Crippen LogP contribution in [0, 0.1) is 0 Å². The van der Waals surface area contributed by atoms with Crippen molar-refractivity contribution in [1.82, 2.24) is 0 Å². The van der Waals surface area contributed by atoms with Crippen LogP contribution in [0.4, 0.5) is 0 Å². The molecule has 60 heavy (non-hydrogen) atoms. The lowest BCUT2D eigenvalue weighted by atomic mass is 10.0. The highest BCUT2D eigenvalue weighted by molar-refractivity contribution is 7.47. The number of phosphoric acid groups is 1. The molecule has 360 valence electrons. The van der Waals surface area contributed by atoms with Crippen molar-refractivity contribution >= 4 is 13.8 Å². The van der Waals surface area contributed by atoms with Crippen molar-refractivity contribution < 1.29 is 32.8 Å². The summed E-state index contributed by atoms with van der Waals surface area (Å²) in [6.45, 7) is 5.01. The van der Waals surface area contributed by atoms with Gasteiger partial charge in [-0.15, -0.1) is 0 Å². The van der Waals surface area contributed by atoms with Gasteiger partial charge in [0, 0.05) is 19.6 Å². The van der Waals surface area contributed by atoms with Crippen LogP contribution < -0.4 is 5.73 Å². The van der Waals surface area contributed by atoms with Crippen molar-refractivity contribution in [2.45, 2.75) is 290 Å². The molecule has 0 fully saturated rings. The summed E-state index contributed by atoms with van der Waals surface area (Å²) in [6.07, 6.45) is 54.3. The third kappa shape index (κ3) is 48.5. The van der Waals surface area contributed by atoms with E-state index < -0.39 is 13.9 Å². The number of esters is 1. The highest BCUT2D eigenvalue weighted by Crippen LogP contribution is 2.43. The number of rotatable bonds is 52. The quantitative estimate of drug-likeness (QED) is 0.0352. The standard InChI is InChI=1S/C51H104NO7P/c1-3-5-7-9-11-13-15-17-19-21-23-24-25-27-29-31-33-35-37-39-41-43-46-56-48-50(49-58-60(54,55)57-47-45-52)59-51(53)44-42-40-38-36-34-32-30-28-26-22-20-18-16-14-12-10-8-6-4-2/h50H,3-49,52H2,1-2H3,(H,54,55). The Hall–Kier alpha value is -0.500. The van der Waals surface area contributed by atoms with Crippen LogP contribution in [0.15, 0.2) is 0 Å². The molecule has 8 nitrogen and oxygen atoms in total. The van der Waals surface area contributed by atoms with E-state index >= 15 is 0 Å². The summed E-state index contributed by atoms with van der Waals surface area (Å²) < 4.78 is 33.6. The summed E-state index contributed by atoms with van der Waals surface area (Å²) in [5.74, 6) is -0.320. The first-order valence-electron chi connectivity index (χ1n) is 26.5. The molecule has 9 heteroatoms. The fourth-order valence-electron chi connectivity index (χ4n) is 8.12. The van der Waals surface area contributed by atoms with Crippen molar-refractivity contribution in [3.8, 4) is 0 Å². The maximum Gasteiger partial charge on any atom is 0.472 e. The zero-order valence-corrected chi connectivity index (χ0v) is 41.1. The SMILES string of the molecule is CCCCCCCCCCCCCCCCCCCCCCCCOCC(COP(=O)(O)OCCN)OC(=O)CCCCCCCCCCCCCCCCCCCCC. The minimum Gasteiger partial charge on any atom is -0.457 e. The number of carbonyl (C=O) groups is 1. The van der Waals surface area contributed by atoms with Gasteiger partial charge in [0.25, 0.3) is 0 Å². The van der Waals surface area contributed by atoms with E-state index in [0.29, 0.717) is 13.0 Å². The molecular weight excluding hydrogens is 770 g/mol. The Balaban J connectivity index is 3.86. The molecule has 0 heterocycles. The molecule has 0 spiro atoms. The third-order valence-electron chi connectivity index (χ3n) is 12.0. The van der Waals surface area contributed by atoms with Gasteiger partial charge in [-0.25, -0.2) is 4.57 Å². The van der Waals surface area contributed by atoms with Gasteiger partial charge >= 0.3 is 13.8 Å². The topological polar surface area (TPSA) is 117 Å². The van der Waals surface area contributed by atoms with E-state index in [4.69, 9.17) is 24.3 Å². The molecule has 0 amide bonds. The zero-order valence-electron chi connectivity index (χ0n) is 40.2. The molecular formula is C51H104NO7P. The Bertz CT molecular complexity index is 894. The van der Waals surface area contributed by atoms with Crippen LogP contribution in [0.3, 0.4) is 0 Å². The van der Waals surface area contributed by atoms with Crippen molar-refractivity contribution in [2.75, 3.05) is 33.0 Å². The Morgan fingerprint density at radius 2 is 0.733 bits per heavy atom. The van der Waals surface area contributed by atoms with Gasteiger partial charge in [0.15, 0.2) is 0 Å². The molecule has 2 atom stereocenters. The summed E-state index contributed by atoms with van der Waals surface area (Å²) in [7, 11) is -4.27. The summed E-state index contributed by atoms with van der Waals surface area (Å²) in [5, 5.41) is 0. The van der Waals surface area contributed by atoms with E-state index in [-0.39, 0.29) is 32.3 Å². The van der Waals surface area contributed by atoms with Gasteiger partial charge in [-0.05, 0) is 12.8 Å². The van der Waals surface area contributed by atoms with Crippen LogP contribution in [0.5, 0.6) is 0 Å². The van der Waals surface area contributed by atoms with E-state index in [2.05, 4.69) is 13.8 Å². The first-order valence-corrected chi connectivity index (χ1v) is 28.0. The predicted octanol–water partition coefficient (Wildman–Crippen LogP) is 16.4. The molecule has 0 aromatic carbocycles. The Morgan fingerprint density at radius 3 is 1.05 bits per heavy atom. The second-order valence-electron chi connectivity index (χ2n) is 18.1. The van der Waals surface area contributed by atoms with Gasteiger partial charge in [0.05, 0.1) is 19.8 Å². The molecule has 0 aliphatic rings. The van der Waals surface area contributed by atoms with Crippen molar-refractivity contribution in [3.63, 3.8) is 0 Å². The number of hydrogen-bond acceptors (Lipinski definition) is 7. The van der Waals surface area contributed by atoms with E-state index in [9.17, 15) is 14.3 Å². The minimum absolute atomic E-state index is 0.0896. The zero-order chi connectivity index (χ0) is 43.7. The van der Waals surface area contributed by atoms with E-state index in [1.54, 1.807) is 0 Å². The smallest absolute Gasteiger partial charge is 0.457 e. The molecule has 0 aromatic heterocycles. The van der Waals surface area contributed by atoms with Crippen LogP contribution in [0.2, 0.25) is 0 Å². The van der Waals surface area contributed by atoms with Gasteiger partial charge in [-0.1, -0.05) is 264 Å². The lowest BCUT2D eigenvalue weighted by Gasteiger charge is -2.20. The van der Waals surface area contributed by atoms with Crippen molar-refractivity contribution in [1.29, 1.82) is 0 Å². The fourth-order valence-corrected chi connectivity index (χ4v) is 8.88. The molecule has 2 unspecified atom stereocenters. The molecule has 3 N–H and O–H groups in total. The van der Waals surface area contributed by atoms with E-state index in [1.165, 1.54) is 231 Å². The van der Waals surface area contributed by atoms with Crippen molar-refractivity contribution in [3.05, 3.63) is 0 Å². The Morgan fingerprint density at radius 1 is 0.433 bits per heavy atom. The Labute approximate surface area is 373 Å². The number of ether oxygens (including phenoxy) is 2.